The van der Waals surface area contributed by atoms with Gasteiger partial charge in [0.1, 0.15) is 5.84 Å². The van der Waals surface area contributed by atoms with E-state index in [4.69, 9.17) is 4.28 Å². The van der Waals surface area contributed by atoms with Crippen LogP contribution in [0.4, 0.5) is 0 Å². The van der Waals surface area contributed by atoms with E-state index in [2.05, 4.69) is 51.4 Å². The summed E-state index contributed by atoms with van der Waals surface area (Å²) in [5, 5.41) is 0. The van der Waals surface area contributed by atoms with Gasteiger partial charge >= 0.3 is 11.3 Å². The summed E-state index contributed by atoms with van der Waals surface area (Å²) in [5.41, 5.74) is 2.76. The number of nitrogens with zero attached hydrogens (tertiary/aromatic N) is 1. The van der Waals surface area contributed by atoms with Crippen LogP contribution < -0.4 is 5.48 Å². The summed E-state index contributed by atoms with van der Waals surface area (Å²) in [6.07, 6.45) is 0. The number of hydrogen-bond acceptors (Lipinski definition) is 3. The second-order valence-corrected chi connectivity index (χ2v) is 6.83. The number of nitrogens with one attached hydrogen (secondary N) is 1. The molecule has 0 aromatic rings. The van der Waals surface area contributed by atoms with Gasteiger partial charge in [0.25, 0.3) is 0 Å². The van der Waals surface area contributed by atoms with Crippen molar-refractivity contribution in [2.75, 3.05) is 0 Å². The fourth-order valence-corrected chi connectivity index (χ4v) is 2.92. The van der Waals surface area contributed by atoms with Crippen molar-refractivity contribution in [1.29, 1.82) is 0 Å². The molecule has 0 fully saturated rings. The van der Waals surface area contributed by atoms with Gasteiger partial charge < -0.3 is 0 Å². The lowest BCUT2D eigenvalue weighted by molar-refractivity contribution is 0.153. The second kappa shape index (κ2) is 3.87. The number of rotatable bonds is 1. The Balaban J connectivity index is 3.03. The topological polar surface area (TPSA) is 50.7 Å². The Hall–Kier alpha value is -0.420. The molecule has 1 unspecified atom stereocenters. The van der Waals surface area contributed by atoms with Crippen molar-refractivity contribution >= 4 is 17.1 Å². The van der Waals surface area contributed by atoms with E-state index in [1.165, 1.54) is 0 Å². The SMILES string of the molecule is CC(C)(C)C(C1=NS(=O)ON1)C(C)(C)C. The molecule has 88 valence electrons. The van der Waals surface area contributed by atoms with E-state index in [9.17, 15) is 4.21 Å². The van der Waals surface area contributed by atoms with Crippen molar-refractivity contribution in [3.05, 3.63) is 0 Å². The quantitative estimate of drug-likeness (QED) is 0.754. The van der Waals surface area contributed by atoms with Crippen molar-refractivity contribution in [1.82, 2.24) is 5.48 Å². The first-order valence-corrected chi connectivity index (χ1v) is 6.09. The highest BCUT2D eigenvalue weighted by Crippen LogP contribution is 2.41. The first-order valence-electron chi connectivity index (χ1n) is 5.06. The Labute approximate surface area is 94.2 Å². The highest BCUT2D eigenvalue weighted by Gasteiger charge is 2.41. The normalized spacial score (nSPS) is 22.9. The van der Waals surface area contributed by atoms with E-state index in [1.54, 1.807) is 0 Å². The molecule has 0 radical (unpaired) electrons. The maximum atomic E-state index is 11.1. The maximum absolute atomic E-state index is 11.1. The minimum absolute atomic E-state index is 0.0436. The van der Waals surface area contributed by atoms with Crippen LogP contribution >= 0.6 is 0 Å². The minimum atomic E-state index is -1.57. The standard InChI is InChI=1S/C10H20N2O2S/c1-9(2,3)7(10(4,5)6)8-11-14-15(13)12-8/h7H,1-6H3,(H,11,12). The van der Waals surface area contributed by atoms with Crippen LogP contribution in [0.1, 0.15) is 41.5 Å². The molecule has 0 saturated heterocycles. The number of hydrogen-bond donors (Lipinski definition) is 1. The Morgan fingerprint density at radius 3 is 1.93 bits per heavy atom. The van der Waals surface area contributed by atoms with Crippen LogP contribution in [0.15, 0.2) is 4.40 Å². The molecule has 0 bridgehead atoms. The molecule has 5 heteroatoms. The summed E-state index contributed by atoms with van der Waals surface area (Å²) in [7, 11) is 0. The van der Waals surface area contributed by atoms with Gasteiger partial charge in [0.15, 0.2) is 0 Å². The summed E-state index contributed by atoms with van der Waals surface area (Å²) in [4.78, 5) is 0. The van der Waals surface area contributed by atoms with Crippen molar-refractivity contribution in [2.45, 2.75) is 41.5 Å². The van der Waals surface area contributed by atoms with Gasteiger partial charge in [0, 0.05) is 5.92 Å². The van der Waals surface area contributed by atoms with Gasteiger partial charge in [-0.15, -0.1) is 4.40 Å². The molecule has 4 nitrogen and oxygen atoms in total. The molecular weight excluding hydrogens is 212 g/mol. The van der Waals surface area contributed by atoms with Crippen LogP contribution in [0, 0.1) is 16.7 Å². The summed E-state index contributed by atoms with van der Waals surface area (Å²) in [6.45, 7) is 12.9. The predicted octanol–water partition coefficient (Wildman–Crippen LogP) is 2.21. The van der Waals surface area contributed by atoms with Crippen molar-refractivity contribution in [3.8, 4) is 0 Å². The van der Waals surface area contributed by atoms with Crippen LogP contribution in [-0.4, -0.2) is 10.0 Å². The fourth-order valence-electron chi connectivity index (χ4n) is 2.43. The molecule has 0 aromatic heterocycles. The van der Waals surface area contributed by atoms with Gasteiger partial charge in [0.2, 0.25) is 0 Å². The van der Waals surface area contributed by atoms with Crippen molar-refractivity contribution in [3.63, 3.8) is 0 Å². The lowest BCUT2D eigenvalue weighted by Crippen LogP contribution is -2.43. The van der Waals surface area contributed by atoms with E-state index in [0.29, 0.717) is 5.84 Å². The van der Waals surface area contributed by atoms with Gasteiger partial charge in [-0.25, -0.2) is 9.69 Å². The van der Waals surface area contributed by atoms with Gasteiger partial charge in [-0.3, -0.25) is 0 Å². The van der Waals surface area contributed by atoms with Crippen LogP contribution in [0.5, 0.6) is 0 Å². The Morgan fingerprint density at radius 1 is 1.20 bits per heavy atom. The molecule has 1 rings (SSSR count). The van der Waals surface area contributed by atoms with Crippen molar-refractivity contribution < 1.29 is 8.49 Å². The van der Waals surface area contributed by atoms with Crippen LogP contribution in [0.25, 0.3) is 0 Å². The smallest absolute Gasteiger partial charge is 0.234 e. The average Bonchev–Trinajstić information content (AvgIpc) is 2.28. The maximum Gasteiger partial charge on any atom is 0.309 e. The van der Waals surface area contributed by atoms with E-state index in [1.807, 2.05) is 0 Å². The summed E-state index contributed by atoms with van der Waals surface area (Å²) in [6, 6.07) is 0. The molecule has 1 heterocycles. The third-order valence-electron chi connectivity index (χ3n) is 2.40. The molecular formula is C10H20N2O2S. The molecule has 0 amide bonds. The highest BCUT2D eigenvalue weighted by molar-refractivity contribution is 7.79. The molecule has 1 atom stereocenters. The summed E-state index contributed by atoms with van der Waals surface area (Å²) >= 11 is -1.57. The molecule has 1 aliphatic heterocycles. The predicted molar refractivity (Wildman–Crippen MR) is 62.2 cm³/mol. The van der Waals surface area contributed by atoms with E-state index in [-0.39, 0.29) is 16.7 Å². The van der Waals surface area contributed by atoms with Gasteiger partial charge in [0.05, 0.1) is 0 Å². The molecule has 0 saturated carbocycles. The van der Waals surface area contributed by atoms with Gasteiger partial charge in [-0.1, -0.05) is 41.5 Å². The third-order valence-corrected chi connectivity index (χ3v) is 2.97. The largest absolute Gasteiger partial charge is 0.309 e. The molecule has 0 spiro atoms. The van der Waals surface area contributed by atoms with Crippen LogP contribution in [-0.2, 0) is 15.6 Å². The van der Waals surface area contributed by atoms with E-state index >= 15 is 0 Å². The van der Waals surface area contributed by atoms with Crippen molar-refractivity contribution in [2.24, 2.45) is 21.1 Å². The third kappa shape index (κ3) is 3.01. The van der Waals surface area contributed by atoms with Crippen LogP contribution in [0.3, 0.4) is 0 Å². The monoisotopic (exact) mass is 232 g/mol. The highest BCUT2D eigenvalue weighted by atomic mass is 32.2. The molecule has 0 aromatic carbocycles. The Morgan fingerprint density at radius 2 is 1.67 bits per heavy atom. The zero-order valence-electron chi connectivity index (χ0n) is 10.2. The minimum Gasteiger partial charge on any atom is -0.234 e. The number of hydroxylamine groups is 1. The molecule has 15 heavy (non-hydrogen) atoms. The number of amidine groups is 1. The second-order valence-electron chi connectivity index (χ2n) is 6.04. The molecule has 1 aliphatic rings. The first-order chi connectivity index (χ1) is 6.62. The molecule has 1 N–H and O–H groups in total. The molecule has 0 aliphatic carbocycles. The Bertz CT molecular complexity index is 286. The van der Waals surface area contributed by atoms with E-state index in [0.717, 1.165) is 0 Å². The van der Waals surface area contributed by atoms with E-state index < -0.39 is 11.3 Å². The zero-order valence-corrected chi connectivity index (χ0v) is 11.1. The average molecular weight is 232 g/mol. The summed E-state index contributed by atoms with van der Waals surface area (Å²) < 4.78 is 19.8. The van der Waals surface area contributed by atoms with Gasteiger partial charge in [-0.05, 0) is 10.8 Å². The van der Waals surface area contributed by atoms with Crippen LogP contribution in [0.2, 0.25) is 0 Å². The lowest BCUT2D eigenvalue weighted by Gasteiger charge is -2.39. The zero-order chi connectivity index (χ0) is 11.9. The van der Waals surface area contributed by atoms with Gasteiger partial charge in [-0.2, -0.15) is 4.28 Å². The summed E-state index contributed by atoms with van der Waals surface area (Å²) in [5.74, 6) is 0.866. The first kappa shape index (κ1) is 12.6. The lowest BCUT2D eigenvalue weighted by atomic mass is 9.66. The Kier molecular flexibility index (Phi) is 3.26. The fraction of sp³-hybridized carbons (Fsp3) is 0.900.